The van der Waals surface area contributed by atoms with Crippen LogP contribution in [0, 0.1) is 0 Å². The Bertz CT molecular complexity index is 324. The Morgan fingerprint density at radius 2 is 2.20 bits per heavy atom. The fraction of sp³-hybridized carbons (Fsp3) is 0.556. The van der Waals surface area contributed by atoms with E-state index < -0.39 is 0 Å². The Morgan fingerprint density at radius 3 is 2.87 bits per heavy atom. The number of piperidine rings is 1. The molecular weight excluding hydrogens is 194 g/mol. The van der Waals surface area contributed by atoms with E-state index in [0.717, 1.165) is 31.7 Å². The second kappa shape index (κ2) is 4.41. The Hall–Kier alpha value is -1.40. The number of nitrogens with zero attached hydrogens (tertiary/aromatic N) is 3. The maximum atomic E-state index is 9.38. The van der Waals surface area contributed by atoms with Gasteiger partial charge in [-0.15, -0.1) is 0 Å². The van der Waals surface area contributed by atoms with Crippen LogP contribution in [0.2, 0.25) is 0 Å². The second-order valence-electron chi connectivity index (χ2n) is 3.60. The van der Waals surface area contributed by atoms with Gasteiger partial charge in [-0.3, -0.25) is 5.43 Å². The zero-order valence-electron chi connectivity index (χ0n) is 8.43. The van der Waals surface area contributed by atoms with Crippen molar-refractivity contribution in [2.75, 3.05) is 23.4 Å². The summed E-state index contributed by atoms with van der Waals surface area (Å²) in [5.41, 5.74) is 2.42. The van der Waals surface area contributed by atoms with Gasteiger partial charge >= 0.3 is 0 Å². The molecule has 0 bridgehead atoms. The zero-order chi connectivity index (χ0) is 10.7. The highest BCUT2D eigenvalue weighted by Crippen LogP contribution is 2.17. The number of anilines is 2. The Kier molecular flexibility index (Phi) is 2.98. The first-order valence-electron chi connectivity index (χ1n) is 5.02. The third-order valence-electron chi connectivity index (χ3n) is 2.56. The first-order chi connectivity index (χ1) is 7.29. The molecule has 1 aliphatic heterocycles. The minimum Gasteiger partial charge on any atom is -0.393 e. The van der Waals surface area contributed by atoms with E-state index in [1.54, 1.807) is 6.20 Å². The van der Waals surface area contributed by atoms with E-state index >= 15 is 0 Å². The summed E-state index contributed by atoms with van der Waals surface area (Å²) in [5.74, 6) is 6.50. The minimum atomic E-state index is -0.171. The van der Waals surface area contributed by atoms with E-state index in [1.165, 1.54) is 0 Å². The van der Waals surface area contributed by atoms with Crippen molar-refractivity contribution in [1.29, 1.82) is 0 Å². The van der Waals surface area contributed by atoms with Crippen LogP contribution in [-0.2, 0) is 0 Å². The van der Waals surface area contributed by atoms with Gasteiger partial charge in [0.25, 0.3) is 0 Å². The summed E-state index contributed by atoms with van der Waals surface area (Å²) < 4.78 is 0. The van der Waals surface area contributed by atoms with Crippen LogP contribution in [0.15, 0.2) is 12.3 Å². The van der Waals surface area contributed by atoms with Gasteiger partial charge in [-0.05, 0) is 18.9 Å². The molecule has 2 heterocycles. The quantitative estimate of drug-likeness (QED) is 0.459. The van der Waals surface area contributed by atoms with Gasteiger partial charge in [0.15, 0.2) is 0 Å². The molecule has 1 aromatic heterocycles. The summed E-state index contributed by atoms with van der Waals surface area (Å²) >= 11 is 0. The molecule has 6 nitrogen and oxygen atoms in total. The molecule has 0 aromatic carbocycles. The second-order valence-corrected chi connectivity index (χ2v) is 3.60. The highest BCUT2D eigenvalue weighted by Gasteiger charge is 2.18. The van der Waals surface area contributed by atoms with Crippen LogP contribution >= 0.6 is 0 Å². The summed E-state index contributed by atoms with van der Waals surface area (Å²) in [7, 11) is 0. The maximum Gasteiger partial charge on any atom is 0.239 e. The highest BCUT2D eigenvalue weighted by molar-refractivity contribution is 5.42. The lowest BCUT2D eigenvalue weighted by Gasteiger charge is -2.30. The number of hydrogen-bond donors (Lipinski definition) is 3. The van der Waals surface area contributed by atoms with Crippen molar-refractivity contribution in [1.82, 2.24) is 9.97 Å². The number of nitrogens with one attached hydrogen (secondary N) is 1. The number of nitrogen functional groups attached to an aromatic ring is 1. The standard InChI is InChI=1S/C9H15N5O/c10-13-9-11-4-1-8(12-9)14-5-2-7(15)3-6-14/h1,4,7,15H,2-3,5-6,10H2,(H,11,12,13). The van der Waals surface area contributed by atoms with Crippen molar-refractivity contribution >= 4 is 11.8 Å². The highest BCUT2D eigenvalue weighted by atomic mass is 16.3. The van der Waals surface area contributed by atoms with Gasteiger partial charge in [0, 0.05) is 19.3 Å². The van der Waals surface area contributed by atoms with Crippen molar-refractivity contribution in [3.05, 3.63) is 12.3 Å². The molecule has 1 saturated heterocycles. The molecule has 1 aliphatic rings. The smallest absolute Gasteiger partial charge is 0.239 e. The van der Waals surface area contributed by atoms with Gasteiger partial charge in [0.1, 0.15) is 5.82 Å². The lowest BCUT2D eigenvalue weighted by molar-refractivity contribution is 0.145. The normalized spacial score (nSPS) is 17.9. The topological polar surface area (TPSA) is 87.3 Å². The number of aliphatic hydroxyl groups excluding tert-OH is 1. The third-order valence-corrected chi connectivity index (χ3v) is 2.56. The minimum absolute atomic E-state index is 0.171. The fourth-order valence-electron chi connectivity index (χ4n) is 1.69. The molecule has 0 spiro atoms. The Morgan fingerprint density at radius 1 is 1.47 bits per heavy atom. The molecule has 0 radical (unpaired) electrons. The number of aromatic nitrogens is 2. The Balaban J connectivity index is 2.08. The largest absolute Gasteiger partial charge is 0.393 e. The van der Waals surface area contributed by atoms with Crippen molar-refractivity contribution < 1.29 is 5.11 Å². The number of hydrazine groups is 1. The monoisotopic (exact) mass is 209 g/mol. The average Bonchev–Trinajstić information content (AvgIpc) is 2.30. The SMILES string of the molecule is NNc1nccc(N2CCC(O)CC2)n1. The summed E-state index contributed by atoms with van der Waals surface area (Å²) in [6.07, 6.45) is 3.07. The van der Waals surface area contributed by atoms with Crippen molar-refractivity contribution in [2.24, 2.45) is 5.84 Å². The summed E-state index contributed by atoms with van der Waals surface area (Å²) in [6, 6.07) is 1.85. The first-order valence-corrected chi connectivity index (χ1v) is 5.02. The van der Waals surface area contributed by atoms with E-state index in [9.17, 15) is 5.11 Å². The molecule has 6 heteroatoms. The van der Waals surface area contributed by atoms with Crippen LogP contribution < -0.4 is 16.2 Å². The van der Waals surface area contributed by atoms with E-state index in [4.69, 9.17) is 5.84 Å². The third kappa shape index (κ3) is 2.34. The number of aliphatic hydroxyl groups is 1. The molecule has 0 unspecified atom stereocenters. The van der Waals surface area contributed by atoms with Gasteiger partial charge in [0.05, 0.1) is 6.10 Å². The lowest BCUT2D eigenvalue weighted by Crippen LogP contribution is -2.36. The predicted molar refractivity (Wildman–Crippen MR) is 57.3 cm³/mol. The van der Waals surface area contributed by atoms with Crippen molar-refractivity contribution in [2.45, 2.75) is 18.9 Å². The maximum absolute atomic E-state index is 9.38. The van der Waals surface area contributed by atoms with E-state index in [-0.39, 0.29) is 6.10 Å². The van der Waals surface area contributed by atoms with Crippen molar-refractivity contribution in [3.8, 4) is 0 Å². The molecule has 1 aromatic rings. The molecule has 0 aliphatic carbocycles. The van der Waals surface area contributed by atoms with Crippen LogP contribution in [-0.4, -0.2) is 34.3 Å². The van der Waals surface area contributed by atoms with E-state index in [2.05, 4.69) is 20.3 Å². The molecular formula is C9H15N5O. The molecule has 15 heavy (non-hydrogen) atoms. The van der Waals surface area contributed by atoms with Gasteiger partial charge in [0.2, 0.25) is 5.95 Å². The fourth-order valence-corrected chi connectivity index (χ4v) is 1.69. The Labute approximate surface area is 88.1 Å². The molecule has 0 saturated carbocycles. The van der Waals surface area contributed by atoms with Gasteiger partial charge in [-0.2, -0.15) is 4.98 Å². The molecule has 0 atom stereocenters. The van der Waals surface area contributed by atoms with Crippen molar-refractivity contribution in [3.63, 3.8) is 0 Å². The van der Waals surface area contributed by atoms with Crippen LogP contribution in [0.5, 0.6) is 0 Å². The molecule has 2 rings (SSSR count). The zero-order valence-corrected chi connectivity index (χ0v) is 8.43. The van der Waals surface area contributed by atoms with Gasteiger partial charge in [-0.1, -0.05) is 0 Å². The van der Waals surface area contributed by atoms with Crippen LogP contribution in [0.1, 0.15) is 12.8 Å². The van der Waals surface area contributed by atoms with E-state index in [0.29, 0.717) is 5.95 Å². The predicted octanol–water partition coefficient (Wildman–Crippen LogP) is -0.277. The molecule has 4 N–H and O–H groups in total. The van der Waals surface area contributed by atoms with E-state index in [1.807, 2.05) is 6.07 Å². The number of nitrogens with two attached hydrogens (primary N) is 1. The molecule has 0 amide bonds. The summed E-state index contributed by atoms with van der Waals surface area (Å²) in [4.78, 5) is 10.3. The van der Waals surface area contributed by atoms with Gasteiger partial charge < -0.3 is 10.0 Å². The van der Waals surface area contributed by atoms with Crippen LogP contribution in [0.3, 0.4) is 0 Å². The first kappa shape index (κ1) is 10.1. The van der Waals surface area contributed by atoms with Crippen LogP contribution in [0.4, 0.5) is 11.8 Å². The van der Waals surface area contributed by atoms with Crippen LogP contribution in [0.25, 0.3) is 0 Å². The lowest BCUT2D eigenvalue weighted by atomic mass is 10.1. The number of hydrogen-bond acceptors (Lipinski definition) is 6. The summed E-state index contributed by atoms with van der Waals surface area (Å²) in [6.45, 7) is 1.64. The average molecular weight is 209 g/mol. The van der Waals surface area contributed by atoms with Gasteiger partial charge in [-0.25, -0.2) is 10.8 Å². The molecule has 82 valence electrons. The molecule has 1 fully saturated rings. The summed E-state index contributed by atoms with van der Waals surface area (Å²) in [5, 5.41) is 9.38. The number of rotatable bonds is 2.